The first-order valence-electron chi connectivity index (χ1n) is 9.78. The van der Waals surface area contributed by atoms with Gasteiger partial charge >= 0.3 is 0 Å². The molecule has 0 heterocycles. The molecule has 0 spiro atoms. The maximum Gasteiger partial charge on any atom is 0.161 e. The fourth-order valence-corrected chi connectivity index (χ4v) is 3.09. The summed E-state index contributed by atoms with van der Waals surface area (Å²) in [5.74, 6) is 0.181. The van der Waals surface area contributed by atoms with Crippen LogP contribution in [0.2, 0.25) is 0 Å². The van der Waals surface area contributed by atoms with Gasteiger partial charge in [-0.1, -0.05) is 85.0 Å². The van der Waals surface area contributed by atoms with Crippen LogP contribution in [0.15, 0.2) is 0 Å². The van der Waals surface area contributed by atoms with Gasteiger partial charge in [-0.25, -0.2) is 0 Å². The van der Waals surface area contributed by atoms with Crippen molar-refractivity contribution in [1.29, 1.82) is 0 Å². The van der Waals surface area contributed by atoms with Crippen molar-refractivity contribution >= 4 is 5.78 Å². The molecule has 22 heavy (non-hydrogen) atoms. The lowest BCUT2D eigenvalue weighted by atomic mass is 9.93. The highest BCUT2D eigenvalue weighted by Gasteiger charge is 2.31. The van der Waals surface area contributed by atoms with E-state index in [0.717, 1.165) is 25.9 Å². The van der Waals surface area contributed by atoms with Gasteiger partial charge in [0.05, 0.1) is 0 Å². The summed E-state index contributed by atoms with van der Waals surface area (Å²) < 4.78 is 5.92. The molecule has 0 N–H and O–H groups in total. The van der Waals surface area contributed by atoms with Crippen molar-refractivity contribution in [3.8, 4) is 0 Å². The third-order valence-electron chi connectivity index (χ3n) is 4.91. The van der Waals surface area contributed by atoms with E-state index in [1.54, 1.807) is 6.92 Å². The molecule has 0 saturated carbocycles. The Morgan fingerprint density at radius 1 is 0.727 bits per heavy atom. The van der Waals surface area contributed by atoms with Gasteiger partial charge in [0.25, 0.3) is 0 Å². The van der Waals surface area contributed by atoms with Crippen molar-refractivity contribution in [2.24, 2.45) is 0 Å². The van der Waals surface area contributed by atoms with Crippen molar-refractivity contribution in [3.63, 3.8) is 0 Å². The average Bonchev–Trinajstić information content (AvgIpc) is 2.52. The molecule has 0 bridgehead atoms. The summed E-state index contributed by atoms with van der Waals surface area (Å²) in [5, 5.41) is 0. The van der Waals surface area contributed by atoms with Gasteiger partial charge in [0.15, 0.2) is 5.78 Å². The van der Waals surface area contributed by atoms with E-state index < -0.39 is 5.60 Å². The van der Waals surface area contributed by atoms with Crippen molar-refractivity contribution in [3.05, 3.63) is 0 Å². The summed E-state index contributed by atoms with van der Waals surface area (Å²) in [6.07, 6.45) is 16.3. The van der Waals surface area contributed by atoms with Crippen LogP contribution in [0.4, 0.5) is 0 Å². The Labute approximate surface area is 139 Å². The van der Waals surface area contributed by atoms with Gasteiger partial charge in [0.1, 0.15) is 5.60 Å². The number of carbonyl (C=O) groups is 1. The fraction of sp³-hybridized carbons (Fsp3) is 0.950. The van der Waals surface area contributed by atoms with Gasteiger partial charge in [-0.15, -0.1) is 0 Å². The van der Waals surface area contributed by atoms with E-state index in [4.69, 9.17) is 4.74 Å². The van der Waals surface area contributed by atoms with Gasteiger partial charge in [-0.3, -0.25) is 4.79 Å². The number of ether oxygens (including phenoxy) is 1. The molecule has 2 heteroatoms. The van der Waals surface area contributed by atoms with Gasteiger partial charge in [0.2, 0.25) is 0 Å². The topological polar surface area (TPSA) is 26.3 Å². The molecular weight excluding hydrogens is 272 g/mol. The lowest BCUT2D eigenvalue weighted by Gasteiger charge is -2.29. The van der Waals surface area contributed by atoms with Crippen LogP contribution in [0.3, 0.4) is 0 Å². The van der Waals surface area contributed by atoms with E-state index in [0.29, 0.717) is 0 Å². The zero-order valence-electron chi connectivity index (χ0n) is 15.7. The monoisotopic (exact) mass is 312 g/mol. The maximum atomic E-state index is 11.7. The highest BCUT2D eigenvalue weighted by molar-refractivity contribution is 5.84. The second-order valence-corrected chi connectivity index (χ2v) is 6.64. The van der Waals surface area contributed by atoms with Crippen LogP contribution in [-0.4, -0.2) is 18.0 Å². The molecule has 0 aromatic carbocycles. The third kappa shape index (κ3) is 9.61. The lowest BCUT2D eigenvalue weighted by Crippen LogP contribution is -2.39. The van der Waals surface area contributed by atoms with E-state index in [-0.39, 0.29) is 5.78 Å². The molecular formula is C20H40O2. The summed E-state index contributed by atoms with van der Waals surface area (Å²) in [5.41, 5.74) is -0.515. The minimum atomic E-state index is -0.515. The smallest absolute Gasteiger partial charge is 0.161 e. The van der Waals surface area contributed by atoms with Crippen molar-refractivity contribution < 1.29 is 9.53 Å². The Morgan fingerprint density at radius 3 is 1.50 bits per heavy atom. The number of hydrogen-bond donors (Lipinski definition) is 0. The summed E-state index contributed by atoms with van der Waals surface area (Å²) in [7, 11) is 0. The highest BCUT2D eigenvalue weighted by atomic mass is 16.5. The number of Topliss-reactive ketones (excluding diaryl/α,β-unsaturated/α-hetero) is 1. The van der Waals surface area contributed by atoms with Gasteiger partial charge in [0, 0.05) is 6.61 Å². The molecule has 0 unspecified atom stereocenters. The van der Waals surface area contributed by atoms with Gasteiger partial charge < -0.3 is 4.74 Å². The molecule has 0 aliphatic carbocycles. The summed E-state index contributed by atoms with van der Waals surface area (Å²) in [6.45, 7) is 8.76. The number of carbonyl (C=O) groups excluding carboxylic acids is 1. The summed E-state index contributed by atoms with van der Waals surface area (Å²) in [6, 6.07) is 0. The van der Waals surface area contributed by atoms with Crippen LogP contribution in [0.5, 0.6) is 0 Å². The SMILES string of the molecule is CCCCCCCCCCCCCOC(CC)(CC)C(C)=O. The van der Waals surface area contributed by atoms with E-state index in [2.05, 4.69) is 6.92 Å². The fourth-order valence-electron chi connectivity index (χ4n) is 3.09. The largest absolute Gasteiger partial charge is 0.367 e. The molecule has 0 radical (unpaired) electrons. The first-order valence-corrected chi connectivity index (χ1v) is 9.78. The predicted octanol–water partition coefficient (Wildman–Crippen LogP) is 6.46. The van der Waals surface area contributed by atoms with E-state index in [1.807, 2.05) is 13.8 Å². The molecule has 0 atom stereocenters. The Morgan fingerprint density at radius 2 is 1.14 bits per heavy atom. The first-order chi connectivity index (χ1) is 10.6. The minimum Gasteiger partial charge on any atom is -0.367 e. The first kappa shape index (κ1) is 21.6. The van der Waals surface area contributed by atoms with Crippen LogP contribution >= 0.6 is 0 Å². The molecule has 0 amide bonds. The van der Waals surface area contributed by atoms with Crippen LogP contribution in [0, 0.1) is 0 Å². The number of rotatable bonds is 16. The summed E-state index contributed by atoms with van der Waals surface area (Å²) in [4.78, 5) is 11.7. The van der Waals surface area contributed by atoms with Crippen LogP contribution < -0.4 is 0 Å². The van der Waals surface area contributed by atoms with E-state index in [9.17, 15) is 4.79 Å². The van der Waals surface area contributed by atoms with Crippen molar-refractivity contribution in [2.45, 2.75) is 117 Å². The Hall–Kier alpha value is -0.370. The Kier molecular flexibility index (Phi) is 14.0. The number of ketones is 1. The van der Waals surface area contributed by atoms with Crippen molar-refractivity contribution in [2.75, 3.05) is 6.61 Å². The molecule has 132 valence electrons. The van der Waals surface area contributed by atoms with E-state index >= 15 is 0 Å². The van der Waals surface area contributed by atoms with Crippen LogP contribution in [0.25, 0.3) is 0 Å². The molecule has 0 aliphatic rings. The molecule has 2 nitrogen and oxygen atoms in total. The van der Waals surface area contributed by atoms with Crippen LogP contribution in [-0.2, 0) is 9.53 Å². The number of hydrogen-bond acceptors (Lipinski definition) is 2. The second-order valence-electron chi connectivity index (χ2n) is 6.64. The molecule has 0 aromatic heterocycles. The van der Waals surface area contributed by atoms with Gasteiger partial charge in [-0.05, 0) is 26.2 Å². The molecule has 0 aliphatic heterocycles. The lowest BCUT2D eigenvalue weighted by molar-refractivity contribution is -0.144. The molecule has 0 saturated heterocycles. The normalized spacial score (nSPS) is 11.8. The third-order valence-corrected chi connectivity index (χ3v) is 4.91. The quantitative estimate of drug-likeness (QED) is 0.306. The van der Waals surface area contributed by atoms with Crippen molar-refractivity contribution in [1.82, 2.24) is 0 Å². The maximum absolute atomic E-state index is 11.7. The Bertz CT molecular complexity index is 256. The molecule has 0 fully saturated rings. The van der Waals surface area contributed by atoms with E-state index in [1.165, 1.54) is 64.2 Å². The molecule has 0 rings (SSSR count). The Balaban J connectivity index is 3.44. The van der Waals surface area contributed by atoms with Gasteiger partial charge in [-0.2, -0.15) is 0 Å². The standard InChI is InChI=1S/C20H40O2/c1-5-8-9-10-11-12-13-14-15-16-17-18-22-20(6-2,7-3)19(4)21/h5-18H2,1-4H3. The zero-order chi connectivity index (χ0) is 16.7. The second kappa shape index (κ2) is 14.2. The predicted molar refractivity (Wildman–Crippen MR) is 96.4 cm³/mol. The summed E-state index contributed by atoms with van der Waals surface area (Å²) >= 11 is 0. The minimum absolute atomic E-state index is 0.181. The highest BCUT2D eigenvalue weighted by Crippen LogP contribution is 2.22. The molecule has 0 aromatic rings. The zero-order valence-corrected chi connectivity index (χ0v) is 15.7. The number of unbranched alkanes of at least 4 members (excludes halogenated alkanes) is 10. The average molecular weight is 313 g/mol. The van der Waals surface area contributed by atoms with Crippen LogP contribution in [0.1, 0.15) is 111 Å².